The number of carboxylic acids is 12. The largest absolute Gasteiger partial charge is 0.480 e. The zero-order chi connectivity index (χ0) is 55.6. The van der Waals surface area contributed by atoms with Crippen LogP contribution in [0.25, 0.3) is 0 Å². The minimum Gasteiger partial charge on any atom is -0.480 e. The number of rotatable bonds is 45. The van der Waals surface area contributed by atoms with Gasteiger partial charge in [0.2, 0.25) is 0 Å². The van der Waals surface area contributed by atoms with Crippen LogP contribution >= 0.6 is 0 Å². The van der Waals surface area contributed by atoms with Gasteiger partial charge in [0.1, 0.15) is 0 Å². The fourth-order valence-electron chi connectivity index (χ4n) is 6.65. The van der Waals surface area contributed by atoms with Gasteiger partial charge in [-0.25, -0.2) is 0 Å². The molecule has 0 fully saturated rings. The van der Waals surface area contributed by atoms with Crippen molar-refractivity contribution in [2.24, 2.45) is 0 Å². The van der Waals surface area contributed by atoms with E-state index in [-0.39, 0.29) is 242 Å². The molecule has 0 saturated heterocycles. The average molecular weight is 1620 g/mol. The molecule has 0 aliphatic heterocycles. The predicted molar refractivity (Wildman–Crippen MR) is 246 cm³/mol. The standard InChI is InChI=1S/3C14H24N2O8.4Nd/c3*17-11(18)7-15(8-12(19)20)5-3-1-2-4-6-16(9-13(21)22)10-14(23)24;;;;/h3*1-10H2,(H,17,18)(H,19,20)(H,21,22)(H,23,24);;;;. The van der Waals surface area contributed by atoms with Crippen molar-refractivity contribution in [3.8, 4) is 0 Å². The van der Waals surface area contributed by atoms with Gasteiger partial charge in [0, 0.05) is 163 Å². The number of hydrogen-bond acceptors (Lipinski definition) is 18. The van der Waals surface area contributed by atoms with Crippen LogP contribution in [0.5, 0.6) is 0 Å². The van der Waals surface area contributed by atoms with Crippen molar-refractivity contribution in [2.75, 3.05) is 118 Å². The summed E-state index contributed by atoms with van der Waals surface area (Å²) in [6, 6.07) is 0. The number of carbonyl (C=O) groups is 12. The zero-order valence-corrected chi connectivity index (χ0v) is 55.0. The second-order valence-electron chi connectivity index (χ2n) is 16.2. The van der Waals surface area contributed by atoms with Crippen molar-refractivity contribution < 1.29 is 282 Å². The quantitative estimate of drug-likeness (QED) is 0.0308. The van der Waals surface area contributed by atoms with E-state index in [0.717, 1.165) is 0 Å². The molecule has 0 unspecified atom stereocenters. The van der Waals surface area contributed by atoms with Gasteiger partial charge >= 0.3 is 71.6 Å². The summed E-state index contributed by atoms with van der Waals surface area (Å²) in [5.74, 6) is -13.1. The fourth-order valence-corrected chi connectivity index (χ4v) is 6.65. The summed E-state index contributed by atoms with van der Waals surface area (Å²) < 4.78 is 0. The van der Waals surface area contributed by atoms with Gasteiger partial charge in [-0.15, -0.1) is 0 Å². The molecule has 0 saturated carbocycles. The minimum absolute atomic E-state index is 0. The van der Waals surface area contributed by atoms with Gasteiger partial charge in [0.05, 0.1) is 78.5 Å². The molecule has 0 aromatic carbocycles. The molecule has 0 aromatic rings. The fraction of sp³-hybridized carbons (Fsp3) is 0.714. The first-order valence-electron chi connectivity index (χ1n) is 22.6. The maximum absolute atomic E-state index is 10.6. The van der Waals surface area contributed by atoms with Gasteiger partial charge in [-0.1, -0.05) is 38.5 Å². The summed E-state index contributed by atoms with van der Waals surface area (Å²) >= 11 is 0. The molecule has 0 aromatic heterocycles. The third kappa shape index (κ3) is 68.9. The molecule has 0 amide bonds. The monoisotopic (exact) mass is 1610 g/mol. The molecule has 76 heavy (non-hydrogen) atoms. The van der Waals surface area contributed by atoms with Gasteiger partial charge in [-0.2, -0.15) is 0 Å². The molecule has 0 radical (unpaired) electrons. The first kappa shape index (κ1) is 88.6. The SMILES string of the molecule is O=C(O)CN(CCCCCCN(CC(=O)O)CC(=O)O)CC(=O)O.O=C(O)CN(CCCCCCN(CC(=O)O)CC(=O)O)CC(=O)O.O=C(O)CN(CCCCCCN(CC(=O)O)CC(=O)O)CC(=O)O.[Nd].[Nd].[Nd].[Nd]. The Bertz CT molecular complexity index is 1320. The third-order valence-corrected chi connectivity index (χ3v) is 9.40. The maximum atomic E-state index is 10.6. The van der Waals surface area contributed by atoms with E-state index in [1.807, 2.05) is 0 Å². The molecular weight excluding hydrogens is 1550 g/mol. The van der Waals surface area contributed by atoms with Crippen molar-refractivity contribution in [3.63, 3.8) is 0 Å². The molecule has 430 valence electrons. The van der Waals surface area contributed by atoms with Crippen LogP contribution in [0.2, 0.25) is 0 Å². The predicted octanol–water partition coefficient (Wildman–Crippen LogP) is -1.53. The first-order valence-corrected chi connectivity index (χ1v) is 22.6. The molecule has 0 heterocycles. The van der Waals surface area contributed by atoms with Crippen LogP contribution in [0.4, 0.5) is 0 Å². The number of nitrogens with zero attached hydrogens (tertiary/aromatic N) is 6. The summed E-state index contributed by atoms with van der Waals surface area (Å²) in [5.41, 5.74) is 0. The van der Waals surface area contributed by atoms with Gasteiger partial charge in [-0.3, -0.25) is 86.9 Å². The van der Waals surface area contributed by atoms with Crippen molar-refractivity contribution >= 4 is 71.6 Å². The number of aliphatic carboxylic acids is 12. The van der Waals surface area contributed by atoms with E-state index in [0.29, 0.717) is 116 Å². The van der Waals surface area contributed by atoms with E-state index in [1.165, 1.54) is 29.4 Å². The molecule has 30 nitrogen and oxygen atoms in total. The van der Waals surface area contributed by atoms with Crippen LogP contribution in [0.15, 0.2) is 0 Å². The van der Waals surface area contributed by atoms with Crippen LogP contribution in [-0.2, 0) is 57.5 Å². The molecular formula is C42H72N6Nd4O24. The Hall–Kier alpha value is -1.20. The third-order valence-electron chi connectivity index (χ3n) is 9.40. The minimum atomic E-state index is -1.09. The molecule has 0 atom stereocenters. The Morgan fingerprint density at radius 2 is 0.250 bits per heavy atom. The van der Waals surface area contributed by atoms with Gasteiger partial charge in [0.25, 0.3) is 0 Å². The van der Waals surface area contributed by atoms with E-state index in [9.17, 15) is 57.5 Å². The van der Waals surface area contributed by atoms with Crippen molar-refractivity contribution in [2.45, 2.75) is 77.0 Å². The summed E-state index contributed by atoms with van der Waals surface area (Å²) in [7, 11) is 0. The van der Waals surface area contributed by atoms with Crippen LogP contribution < -0.4 is 0 Å². The molecule has 0 aliphatic carbocycles. The molecule has 34 heteroatoms. The van der Waals surface area contributed by atoms with E-state index < -0.39 is 71.6 Å². The smallest absolute Gasteiger partial charge is 0.317 e. The Labute approximate surface area is 570 Å². The van der Waals surface area contributed by atoms with Crippen LogP contribution in [-0.4, -0.2) is 280 Å². The topological polar surface area (TPSA) is 467 Å². The van der Waals surface area contributed by atoms with Crippen LogP contribution in [0, 0.1) is 163 Å². The summed E-state index contributed by atoms with van der Waals surface area (Å²) in [4.78, 5) is 136. The number of carboxylic acid groups (broad SMARTS) is 12. The summed E-state index contributed by atoms with van der Waals surface area (Å²) in [5, 5.41) is 104. The Kier molecular flexibility index (Phi) is 66.5. The number of unbranched alkanes of at least 4 members (excludes halogenated alkanes) is 9. The van der Waals surface area contributed by atoms with Crippen molar-refractivity contribution in [1.82, 2.24) is 29.4 Å². The van der Waals surface area contributed by atoms with E-state index >= 15 is 0 Å². The summed E-state index contributed by atoms with van der Waals surface area (Å²) in [6.07, 6.45) is 7.93. The number of hydrogen-bond donors (Lipinski definition) is 12. The van der Waals surface area contributed by atoms with Gasteiger partial charge in [0.15, 0.2) is 0 Å². The second-order valence-corrected chi connectivity index (χ2v) is 16.2. The maximum Gasteiger partial charge on any atom is 0.317 e. The van der Waals surface area contributed by atoms with Crippen molar-refractivity contribution in [3.05, 3.63) is 0 Å². The molecule has 0 bridgehead atoms. The molecule has 0 spiro atoms. The van der Waals surface area contributed by atoms with Gasteiger partial charge in [-0.05, 0) is 77.8 Å². The Balaban J connectivity index is -0.000000183. The molecule has 12 N–H and O–H groups in total. The van der Waals surface area contributed by atoms with E-state index in [1.54, 1.807) is 0 Å². The molecule has 0 rings (SSSR count). The van der Waals surface area contributed by atoms with E-state index in [4.69, 9.17) is 61.3 Å². The van der Waals surface area contributed by atoms with Gasteiger partial charge < -0.3 is 61.3 Å². The van der Waals surface area contributed by atoms with E-state index in [2.05, 4.69) is 0 Å². The summed E-state index contributed by atoms with van der Waals surface area (Å²) in [6.45, 7) is -1.99. The van der Waals surface area contributed by atoms with Crippen molar-refractivity contribution in [1.29, 1.82) is 0 Å². The average Bonchev–Trinajstić information content (AvgIpc) is 3.19. The normalized spacial score (nSPS) is 10.3. The van der Waals surface area contributed by atoms with Crippen LogP contribution in [0.1, 0.15) is 77.0 Å². The Morgan fingerprint density at radius 1 is 0.171 bits per heavy atom. The van der Waals surface area contributed by atoms with Crippen LogP contribution in [0.3, 0.4) is 0 Å². The Morgan fingerprint density at radius 3 is 0.316 bits per heavy atom. The zero-order valence-electron chi connectivity index (χ0n) is 42.2. The first-order chi connectivity index (χ1) is 33.6. The second kappa shape index (κ2) is 57.1. The molecule has 0 aliphatic rings.